The average Bonchev–Trinajstić information content (AvgIpc) is 2.38. The quantitative estimate of drug-likeness (QED) is 0.431. The number of hydrogen-bond donors (Lipinski definition) is 0. The third-order valence-corrected chi connectivity index (χ3v) is 2.64. The van der Waals surface area contributed by atoms with E-state index in [1.807, 2.05) is 0 Å². The summed E-state index contributed by atoms with van der Waals surface area (Å²) in [6.07, 6.45) is 3.68. The van der Waals surface area contributed by atoms with Gasteiger partial charge in [0.2, 0.25) is 0 Å². The normalized spacial score (nSPS) is 10.0. The molecule has 0 bridgehead atoms. The number of hydrogen-bond acceptors (Lipinski definition) is 3. The predicted molar refractivity (Wildman–Crippen MR) is 66.3 cm³/mol. The molecule has 3 nitrogen and oxygen atoms in total. The largest absolute Gasteiger partial charge is 0.465 e. The predicted octanol–water partition coefficient (Wildman–Crippen LogP) is 3.24. The van der Waals surface area contributed by atoms with Gasteiger partial charge in [0.15, 0.2) is 5.78 Å². The number of rotatable bonds is 6. The van der Waals surface area contributed by atoms with Gasteiger partial charge in [-0.1, -0.05) is 31.9 Å². The highest BCUT2D eigenvalue weighted by Crippen LogP contribution is 2.10. The maximum absolute atomic E-state index is 11.8. The van der Waals surface area contributed by atoms with Crippen LogP contribution in [0, 0.1) is 0 Å². The van der Waals surface area contributed by atoms with Crippen LogP contribution < -0.4 is 0 Å². The van der Waals surface area contributed by atoms with E-state index >= 15 is 0 Å². The Morgan fingerprint density at radius 1 is 1.06 bits per heavy atom. The van der Waals surface area contributed by atoms with Crippen LogP contribution in [0.3, 0.4) is 0 Å². The number of ether oxygens (including phenoxy) is 1. The summed E-state index contributed by atoms with van der Waals surface area (Å²) in [7, 11) is 1.34. The molecule has 0 aliphatic carbocycles. The number of carbonyl (C=O) groups excluding carboxylic acids is 2. The summed E-state index contributed by atoms with van der Waals surface area (Å²) in [5.41, 5.74) is 1.13. The Balaban J connectivity index is 2.61. The van der Waals surface area contributed by atoms with Gasteiger partial charge >= 0.3 is 5.97 Å². The van der Waals surface area contributed by atoms with Gasteiger partial charge < -0.3 is 4.74 Å². The molecule has 92 valence electrons. The molecule has 0 unspecified atom stereocenters. The smallest absolute Gasteiger partial charge is 0.337 e. The van der Waals surface area contributed by atoms with Crippen LogP contribution in [0.4, 0.5) is 0 Å². The molecule has 1 aromatic carbocycles. The standard InChI is InChI=1S/C14H18O3/c1-3-4-5-6-13(15)11-7-9-12(10-8-11)14(16)17-2/h7-10H,3-6H2,1-2H3. The maximum Gasteiger partial charge on any atom is 0.337 e. The van der Waals surface area contributed by atoms with Crippen LogP contribution in [0.15, 0.2) is 24.3 Å². The molecule has 0 N–H and O–H groups in total. The third-order valence-electron chi connectivity index (χ3n) is 2.64. The van der Waals surface area contributed by atoms with E-state index in [1.54, 1.807) is 24.3 Å². The number of methoxy groups -OCH3 is 1. The molecule has 0 fully saturated rings. The van der Waals surface area contributed by atoms with E-state index in [4.69, 9.17) is 0 Å². The first-order valence-corrected chi connectivity index (χ1v) is 5.90. The van der Waals surface area contributed by atoms with Gasteiger partial charge in [0.05, 0.1) is 12.7 Å². The van der Waals surface area contributed by atoms with Gasteiger partial charge in [0.1, 0.15) is 0 Å². The van der Waals surface area contributed by atoms with Crippen molar-refractivity contribution in [3.63, 3.8) is 0 Å². The molecule has 17 heavy (non-hydrogen) atoms. The Kier molecular flexibility index (Phi) is 5.40. The molecule has 0 spiro atoms. The molecule has 0 aromatic heterocycles. The van der Waals surface area contributed by atoms with Gasteiger partial charge in [0, 0.05) is 12.0 Å². The van der Waals surface area contributed by atoms with Crippen molar-refractivity contribution in [3.05, 3.63) is 35.4 Å². The van der Waals surface area contributed by atoms with Gasteiger partial charge in [-0.05, 0) is 18.6 Å². The Labute approximate surface area is 102 Å². The van der Waals surface area contributed by atoms with Crippen molar-refractivity contribution < 1.29 is 14.3 Å². The number of esters is 1. The first kappa shape index (κ1) is 13.4. The van der Waals surface area contributed by atoms with Crippen LogP contribution >= 0.6 is 0 Å². The summed E-state index contributed by atoms with van der Waals surface area (Å²) in [5.74, 6) is -0.246. The van der Waals surface area contributed by atoms with E-state index in [9.17, 15) is 9.59 Å². The van der Waals surface area contributed by atoms with E-state index in [1.165, 1.54) is 7.11 Å². The van der Waals surface area contributed by atoms with Crippen LogP contribution in [0.5, 0.6) is 0 Å². The zero-order valence-electron chi connectivity index (χ0n) is 10.4. The second kappa shape index (κ2) is 6.84. The summed E-state index contributed by atoms with van der Waals surface area (Å²) >= 11 is 0. The van der Waals surface area contributed by atoms with Crippen LogP contribution in [-0.4, -0.2) is 18.9 Å². The molecule has 0 heterocycles. The Morgan fingerprint density at radius 2 is 1.65 bits per heavy atom. The van der Waals surface area contributed by atoms with Gasteiger partial charge in [-0.25, -0.2) is 4.79 Å². The molecule has 0 saturated carbocycles. The van der Waals surface area contributed by atoms with Gasteiger partial charge in [-0.2, -0.15) is 0 Å². The van der Waals surface area contributed by atoms with Crippen LogP contribution in [0.2, 0.25) is 0 Å². The maximum atomic E-state index is 11.8. The van der Waals surface area contributed by atoms with Crippen molar-refractivity contribution in [2.45, 2.75) is 32.6 Å². The Hall–Kier alpha value is -1.64. The highest BCUT2D eigenvalue weighted by atomic mass is 16.5. The number of benzene rings is 1. The molecule has 1 rings (SSSR count). The van der Waals surface area contributed by atoms with E-state index in [2.05, 4.69) is 11.7 Å². The first-order valence-electron chi connectivity index (χ1n) is 5.90. The molecule has 0 amide bonds. The summed E-state index contributed by atoms with van der Waals surface area (Å²) in [4.78, 5) is 23.0. The molecule has 3 heteroatoms. The fraction of sp³-hybridized carbons (Fsp3) is 0.429. The lowest BCUT2D eigenvalue weighted by Gasteiger charge is -2.02. The van der Waals surface area contributed by atoms with Crippen molar-refractivity contribution in [3.8, 4) is 0 Å². The van der Waals surface area contributed by atoms with E-state index in [0.717, 1.165) is 19.3 Å². The molecule has 0 atom stereocenters. The van der Waals surface area contributed by atoms with Crippen LogP contribution in [-0.2, 0) is 4.74 Å². The van der Waals surface area contributed by atoms with E-state index in [0.29, 0.717) is 17.5 Å². The molecule has 1 aromatic rings. The average molecular weight is 234 g/mol. The van der Waals surface area contributed by atoms with Crippen LogP contribution in [0.25, 0.3) is 0 Å². The highest BCUT2D eigenvalue weighted by molar-refractivity contribution is 5.97. The highest BCUT2D eigenvalue weighted by Gasteiger charge is 2.08. The zero-order chi connectivity index (χ0) is 12.7. The van der Waals surface area contributed by atoms with Crippen molar-refractivity contribution >= 4 is 11.8 Å². The fourth-order valence-corrected chi connectivity index (χ4v) is 1.59. The Bertz CT molecular complexity index is 379. The molecule has 0 saturated heterocycles. The van der Waals surface area contributed by atoms with Crippen molar-refractivity contribution in [2.75, 3.05) is 7.11 Å². The lowest BCUT2D eigenvalue weighted by atomic mass is 10.0. The zero-order valence-corrected chi connectivity index (χ0v) is 10.4. The van der Waals surface area contributed by atoms with Gasteiger partial charge in [-0.15, -0.1) is 0 Å². The number of carbonyl (C=O) groups is 2. The molecular formula is C14H18O3. The van der Waals surface area contributed by atoms with E-state index in [-0.39, 0.29) is 11.8 Å². The third kappa shape index (κ3) is 4.02. The second-order valence-electron chi connectivity index (χ2n) is 3.95. The fourth-order valence-electron chi connectivity index (χ4n) is 1.59. The number of unbranched alkanes of at least 4 members (excludes halogenated alkanes) is 2. The van der Waals surface area contributed by atoms with Crippen molar-refractivity contribution in [1.82, 2.24) is 0 Å². The number of Topliss-reactive ketones (excluding diaryl/α,β-unsaturated/α-hetero) is 1. The molecule has 0 radical (unpaired) electrons. The lowest BCUT2D eigenvalue weighted by molar-refractivity contribution is 0.0600. The molecule has 0 aliphatic rings. The summed E-state index contributed by atoms with van der Waals surface area (Å²) in [5, 5.41) is 0. The summed E-state index contributed by atoms with van der Waals surface area (Å²) < 4.78 is 4.59. The minimum atomic E-state index is -0.380. The van der Waals surface area contributed by atoms with Gasteiger partial charge in [0.25, 0.3) is 0 Å². The minimum absolute atomic E-state index is 0.134. The monoisotopic (exact) mass is 234 g/mol. The first-order chi connectivity index (χ1) is 8.19. The molecule has 0 aliphatic heterocycles. The lowest BCUT2D eigenvalue weighted by Crippen LogP contribution is -2.03. The topological polar surface area (TPSA) is 43.4 Å². The number of ketones is 1. The van der Waals surface area contributed by atoms with Crippen LogP contribution in [0.1, 0.15) is 53.3 Å². The summed E-state index contributed by atoms with van der Waals surface area (Å²) in [6.45, 7) is 2.11. The van der Waals surface area contributed by atoms with E-state index < -0.39 is 0 Å². The molecular weight excluding hydrogens is 216 g/mol. The van der Waals surface area contributed by atoms with Crippen molar-refractivity contribution in [2.24, 2.45) is 0 Å². The Morgan fingerprint density at radius 3 is 2.18 bits per heavy atom. The summed E-state index contributed by atoms with van der Waals surface area (Å²) in [6, 6.07) is 6.61. The van der Waals surface area contributed by atoms with Gasteiger partial charge in [-0.3, -0.25) is 4.79 Å². The SMILES string of the molecule is CCCCCC(=O)c1ccc(C(=O)OC)cc1. The second-order valence-corrected chi connectivity index (χ2v) is 3.95. The minimum Gasteiger partial charge on any atom is -0.465 e. The van der Waals surface area contributed by atoms with Crippen molar-refractivity contribution in [1.29, 1.82) is 0 Å².